The van der Waals surface area contributed by atoms with Gasteiger partial charge < -0.3 is 19.3 Å². The summed E-state index contributed by atoms with van der Waals surface area (Å²) in [4.78, 5) is 33.3. The van der Waals surface area contributed by atoms with E-state index in [0.717, 1.165) is 22.5 Å². The van der Waals surface area contributed by atoms with Crippen LogP contribution < -0.4 is 19.1 Å². The predicted octanol–water partition coefficient (Wildman–Crippen LogP) is 6.97. The van der Waals surface area contributed by atoms with Gasteiger partial charge >= 0.3 is 5.91 Å². The van der Waals surface area contributed by atoms with E-state index < -0.39 is 23.5 Å². The number of fused-ring (bicyclic) bond motifs is 2. The largest absolute Gasteiger partial charge is 0.507 e. The molecule has 1 N–H and O–H groups in total. The number of ether oxygens (including phenoxy) is 3. The Balaban J connectivity index is 1.35. The molecule has 1 saturated heterocycles. The van der Waals surface area contributed by atoms with Gasteiger partial charge in [0.1, 0.15) is 30.0 Å². The van der Waals surface area contributed by atoms with Gasteiger partial charge in [0, 0.05) is 12.0 Å². The van der Waals surface area contributed by atoms with Gasteiger partial charge in [0.15, 0.2) is 16.6 Å². The second-order valence-corrected chi connectivity index (χ2v) is 11.9. The molecule has 0 radical (unpaired) electrons. The van der Waals surface area contributed by atoms with Crippen molar-refractivity contribution in [2.45, 2.75) is 32.1 Å². The third-order valence-corrected chi connectivity index (χ3v) is 8.92. The summed E-state index contributed by atoms with van der Waals surface area (Å²) >= 11 is 1.08. The maximum atomic E-state index is 14.0. The third kappa shape index (κ3) is 5.17. The molecule has 1 aromatic heterocycles. The number of halogens is 1. The van der Waals surface area contributed by atoms with Crippen LogP contribution in [-0.4, -0.2) is 35.0 Å². The molecule has 1 amide bonds. The van der Waals surface area contributed by atoms with E-state index in [0.29, 0.717) is 51.6 Å². The molecule has 5 aromatic rings. The second kappa shape index (κ2) is 11.4. The molecular formula is C35H27FN2O6S. The topological polar surface area (TPSA) is 98.2 Å². The number of nitrogens with zero attached hydrogens (tertiary/aromatic N) is 2. The van der Waals surface area contributed by atoms with Crippen molar-refractivity contribution in [3.63, 3.8) is 0 Å². The smallest absolute Gasteiger partial charge is 0.301 e. The monoisotopic (exact) mass is 622 g/mol. The lowest BCUT2D eigenvalue weighted by molar-refractivity contribution is -0.132. The van der Waals surface area contributed by atoms with Crippen molar-refractivity contribution < 1.29 is 33.3 Å². The number of rotatable bonds is 7. The maximum Gasteiger partial charge on any atom is 0.301 e. The van der Waals surface area contributed by atoms with Crippen molar-refractivity contribution in [2.75, 3.05) is 12.0 Å². The van der Waals surface area contributed by atoms with Crippen LogP contribution in [0.4, 0.5) is 9.52 Å². The van der Waals surface area contributed by atoms with Crippen LogP contribution in [0.2, 0.25) is 0 Å². The van der Waals surface area contributed by atoms with Gasteiger partial charge in [-0.3, -0.25) is 14.5 Å². The average molecular weight is 623 g/mol. The van der Waals surface area contributed by atoms with Crippen molar-refractivity contribution in [3.8, 4) is 17.2 Å². The zero-order chi connectivity index (χ0) is 31.2. The fourth-order valence-electron chi connectivity index (χ4n) is 5.77. The number of anilines is 1. The summed E-state index contributed by atoms with van der Waals surface area (Å²) in [6.45, 7) is 2.26. The van der Waals surface area contributed by atoms with Crippen LogP contribution in [0.25, 0.3) is 16.0 Å². The fraction of sp³-hybridized carbons (Fsp3) is 0.171. The van der Waals surface area contributed by atoms with Gasteiger partial charge in [0.2, 0.25) is 0 Å². The molecule has 0 aliphatic carbocycles. The number of Topliss-reactive ketones (excluding diaryl/α,β-unsaturated/α-hetero) is 1. The highest BCUT2D eigenvalue weighted by atomic mass is 32.1. The van der Waals surface area contributed by atoms with Crippen molar-refractivity contribution >= 4 is 44.1 Å². The van der Waals surface area contributed by atoms with E-state index in [4.69, 9.17) is 14.2 Å². The molecule has 8 nitrogen and oxygen atoms in total. The van der Waals surface area contributed by atoms with E-state index in [2.05, 4.69) is 4.98 Å². The first kappa shape index (κ1) is 28.5. The number of amides is 1. The molecule has 2 aliphatic rings. The van der Waals surface area contributed by atoms with Crippen molar-refractivity contribution in [3.05, 3.63) is 119 Å². The van der Waals surface area contributed by atoms with E-state index in [1.807, 2.05) is 37.3 Å². The lowest BCUT2D eigenvalue weighted by atomic mass is 9.94. The molecule has 45 heavy (non-hydrogen) atoms. The molecule has 0 unspecified atom stereocenters. The number of aromatic nitrogens is 1. The summed E-state index contributed by atoms with van der Waals surface area (Å²) in [5.41, 5.74) is 3.12. The Hall–Kier alpha value is -5.22. The normalized spacial score (nSPS) is 18.7. The van der Waals surface area contributed by atoms with Gasteiger partial charge in [-0.1, -0.05) is 47.7 Å². The zero-order valence-electron chi connectivity index (χ0n) is 24.3. The summed E-state index contributed by atoms with van der Waals surface area (Å²) in [7, 11) is 1.50. The number of benzene rings is 4. The van der Waals surface area contributed by atoms with Gasteiger partial charge in [0.25, 0.3) is 5.78 Å². The quantitative estimate of drug-likeness (QED) is 0.119. The fourth-order valence-corrected chi connectivity index (χ4v) is 6.79. The van der Waals surface area contributed by atoms with Crippen LogP contribution in [0.3, 0.4) is 0 Å². The van der Waals surface area contributed by atoms with Gasteiger partial charge in [-0.15, -0.1) is 0 Å². The number of aliphatic hydroxyl groups is 1. The Morgan fingerprint density at radius 3 is 2.67 bits per heavy atom. The highest BCUT2D eigenvalue weighted by Crippen LogP contribution is 2.46. The molecule has 0 saturated carbocycles. The number of hydrogen-bond acceptors (Lipinski definition) is 8. The molecule has 0 spiro atoms. The highest BCUT2D eigenvalue weighted by Gasteiger charge is 2.48. The van der Waals surface area contributed by atoms with Crippen LogP contribution in [0.15, 0.2) is 90.5 Å². The number of aliphatic hydroxyl groups excluding tert-OH is 1. The predicted molar refractivity (Wildman–Crippen MR) is 168 cm³/mol. The van der Waals surface area contributed by atoms with Crippen molar-refractivity contribution in [1.29, 1.82) is 0 Å². The lowest BCUT2D eigenvalue weighted by Crippen LogP contribution is -2.29. The zero-order valence-corrected chi connectivity index (χ0v) is 25.1. The van der Waals surface area contributed by atoms with Crippen LogP contribution in [0.1, 0.15) is 35.2 Å². The first-order chi connectivity index (χ1) is 21.8. The van der Waals surface area contributed by atoms with Gasteiger partial charge in [-0.2, -0.15) is 0 Å². The minimum Gasteiger partial charge on any atom is -0.507 e. The van der Waals surface area contributed by atoms with E-state index >= 15 is 0 Å². The van der Waals surface area contributed by atoms with Gasteiger partial charge in [0.05, 0.1) is 28.9 Å². The molecule has 1 fully saturated rings. The molecule has 7 rings (SSSR count). The summed E-state index contributed by atoms with van der Waals surface area (Å²) in [6.07, 6.45) is 0.639. The summed E-state index contributed by atoms with van der Waals surface area (Å²) in [6, 6.07) is 23.1. The Morgan fingerprint density at radius 1 is 1.04 bits per heavy atom. The second-order valence-electron chi connectivity index (χ2n) is 10.9. The minimum atomic E-state index is -1.06. The van der Waals surface area contributed by atoms with E-state index in [1.54, 1.807) is 36.4 Å². The third-order valence-electron chi connectivity index (χ3n) is 7.90. The van der Waals surface area contributed by atoms with E-state index in [9.17, 15) is 19.1 Å². The SMILES string of the molecule is COc1cc([C@H]2/C(=C(\O)c3ccc4c(c3)C[C@@H](C)O4)C(=O)C(=O)N2c2nc3ccc(F)cc3s2)ccc1OCc1ccccc1. The molecular weight excluding hydrogens is 595 g/mol. The van der Waals surface area contributed by atoms with Gasteiger partial charge in [-0.25, -0.2) is 9.37 Å². The molecule has 10 heteroatoms. The Labute approximate surface area is 261 Å². The van der Waals surface area contributed by atoms with Crippen molar-refractivity contribution in [1.82, 2.24) is 4.98 Å². The molecule has 226 valence electrons. The van der Waals surface area contributed by atoms with Crippen LogP contribution in [0, 0.1) is 5.82 Å². The minimum absolute atomic E-state index is 0.0121. The number of ketones is 1. The number of carbonyl (C=O) groups is 2. The first-order valence-electron chi connectivity index (χ1n) is 14.3. The Morgan fingerprint density at radius 2 is 1.87 bits per heavy atom. The summed E-state index contributed by atoms with van der Waals surface area (Å²) in [5, 5.41) is 11.9. The van der Waals surface area contributed by atoms with Gasteiger partial charge in [-0.05, 0) is 72.1 Å². The van der Waals surface area contributed by atoms with Crippen LogP contribution in [-0.2, 0) is 22.6 Å². The molecule has 3 heterocycles. The number of thiazole rings is 1. The Bertz CT molecular complexity index is 2010. The standard InChI is InChI=1S/C35H27FN2O6S/c1-19-14-23-15-22(9-12-26(23)44-19)32(39)30-31(21-8-13-27(28(16-21)42-2)43-18-20-6-4-3-5-7-20)38(34(41)33(30)40)35-37-25-11-10-24(36)17-29(25)45-35/h3-13,15-17,19,31,39H,14,18H2,1-2H3/b32-30+/t19-,31+/m1/s1. The lowest BCUT2D eigenvalue weighted by Gasteiger charge is -2.24. The van der Waals surface area contributed by atoms with Crippen LogP contribution >= 0.6 is 11.3 Å². The van der Waals surface area contributed by atoms with E-state index in [-0.39, 0.29) is 22.6 Å². The molecule has 2 aliphatic heterocycles. The first-order valence-corrected chi connectivity index (χ1v) is 15.1. The molecule has 0 bridgehead atoms. The number of hydrogen-bond donors (Lipinski definition) is 1. The average Bonchev–Trinajstić information content (AvgIpc) is 3.71. The van der Waals surface area contributed by atoms with Crippen LogP contribution in [0.5, 0.6) is 17.2 Å². The molecule has 4 aromatic carbocycles. The highest BCUT2D eigenvalue weighted by molar-refractivity contribution is 7.22. The Kier molecular flexibility index (Phi) is 7.21. The summed E-state index contributed by atoms with van der Waals surface area (Å²) in [5.74, 6) is -0.928. The number of methoxy groups -OCH3 is 1. The summed E-state index contributed by atoms with van der Waals surface area (Å²) < 4.78 is 32.1. The van der Waals surface area contributed by atoms with Crippen molar-refractivity contribution in [2.24, 2.45) is 0 Å². The maximum absolute atomic E-state index is 14.0. The van der Waals surface area contributed by atoms with E-state index in [1.165, 1.54) is 30.2 Å². The number of carbonyl (C=O) groups excluding carboxylic acids is 2. The molecule has 2 atom stereocenters.